The molecule has 222 valence electrons. The van der Waals surface area contributed by atoms with Gasteiger partial charge in [-0.05, 0) is 76.1 Å². The van der Waals surface area contributed by atoms with E-state index in [0.29, 0.717) is 19.4 Å². The van der Waals surface area contributed by atoms with Gasteiger partial charge in [-0.15, -0.1) is 0 Å². The van der Waals surface area contributed by atoms with E-state index in [2.05, 4.69) is 36.0 Å². The fourth-order valence-corrected chi connectivity index (χ4v) is 4.78. The SMILES string of the molecule is CCc1nc2cc(/C=C/C(C)(C)C(=O)N[C@H](C(=O)N[C@@H](C)C(=O)N3CCC[C@@H](C(N)=O)N3)C(C)C)ccc2cc1C. The molecular formula is C31H44N6O4. The lowest BCUT2D eigenvalue weighted by atomic mass is 9.89. The van der Waals surface area contributed by atoms with E-state index < -0.39 is 35.4 Å². The third-order valence-electron chi connectivity index (χ3n) is 7.51. The third kappa shape index (κ3) is 7.91. The Morgan fingerprint density at radius 2 is 1.88 bits per heavy atom. The Hall–Kier alpha value is -3.79. The number of aryl methyl sites for hydroxylation is 2. The molecule has 1 aromatic carbocycles. The Labute approximate surface area is 242 Å². The predicted molar refractivity (Wildman–Crippen MR) is 160 cm³/mol. The molecule has 1 aliphatic heterocycles. The number of nitrogens with one attached hydrogen (secondary N) is 3. The molecule has 10 nitrogen and oxygen atoms in total. The number of pyridine rings is 1. The number of hydrogen-bond acceptors (Lipinski definition) is 6. The van der Waals surface area contributed by atoms with Gasteiger partial charge in [0.25, 0.3) is 5.91 Å². The summed E-state index contributed by atoms with van der Waals surface area (Å²) in [6, 6.07) is 5.81. The fourth-order valence-electron chi connectivity index (χ4n) is 4.78. The Kier molecular flexibility index (Phi) is 10.3. The monoisotopic (exact) mass is 564 g/mol. The minimum absolute atomic E-state index is 0.226. The molecule has 1 aromatic heterocycles. The summed E-state index contributed by atoms with van der Waals surface area (Å²) in [5.74, 6) is -1.91. The van der Waals surface area contributed by atoms with E-state index in [1.165, 1.54) is 10.6 Å². The number of amides is 4. The van der Waals surface area contributed by atoms with Gasteiger partial charge in [0, 0.05) is 17.6 Å². The number of primary amides is 1. The van der Waals surface area contributed by atoms with Crippen LogP contribution in [0.15, 0.2) is 30.3 Å². The van der Waals surface area contributed by atoms with Gasteiger partial charge in [0.15, 0.2) is 0 Å². The van der Waals surface area contributed by atoms with E-state index in [1.54, 1.807) is 20.8 Å². The summed E-state index contributed by atoms with van der Waals surface area (Å²) < 4.78 is 0. The van der Waals surface area contributed by atoms with E-state index in [4.69, 9.17) is 10.7 Å². The van der Waals surface area contributed by atoms with Crippen molar-refractivity contribution >= 4 is 40.6 Å². The number of hydrazine groups is 1. The molecule has 0 unspecified atom stereocenters. The highest BCUT2D eigenvalue weighted by molar-refractivity contribution is 5.94. The number of aromatic nitrogens is 1. The zero-order valence-corrected chi connectivity index (χ0v) is 25.2. The van der Waals surface area contributed by atoms with Crippen molar-refractivity contribution in [2.75, 3.05) is 6.54 Å². The maximum absolute atomic E-state index is 13.3. The highest BCUT2D eigenvalue weighted by Crippen LogP contribution is 2.23. The van der Waals surface area contributed by atoms with Crippen LogP contribution in [0.2, 0.25) is 0 Å². The molecule has 1 aliphatic rings. The Bertz CT molecular complexity index is 1340. The molecular weight excluding hydrogens is 520 g/mol. The molecule has 0 aliphatic carbocycles. The number of nitrogens with two attached hydrogens (primary N) is 1. The average Bonchev–Trinajstić information content (AvgIpc) is 2.93. The first kappa shape index (κ1) is 31.7. The highest BCUT2D eigenvalue weighted by Gasteiger charge is 2.34. The Morgan fingerprint density at radius 3 is 2.51 bits per heavy atom. The van der Waals surface area contributed by atoms with Crippen LogP contribution in [-0.4, -0.2) is 58.3 Å². The number of benzene rings is 1. The first-order chi connectivity index (χ1) is 19.2. The van der Waals surface area contributed by atoms with Crippen LogP contribution in [-0.2, 0) is 25.6 Å². The Balaban J connectivity index is 1.66. The second kappa shape index (κ2) is 13.2. The van der Waals surface area contributed by atoms with E-state index in [0.717, 1.165) is 28.6 Å². The van der Waals surface area contributed by atoms with Crippen LogP contribution in [0.25, 0.3) is 17.0 Å². The molecule has 0 saturated carbocycles. The summed E-state index contributed by atoms with van der Waals surface area (Å²) in [6.07, 6.45) is 5.73. The average molecular weight is 565 g/mol. The van der Waals surface area contributed by atoms with Gasteiger partial charge in [-0.25, -0.2) is 5.43 Å². The molecule has 2 heterocycles. The number of fused-ring (bicyclic) bond motifs is 1. The lowest BCUT2D eigenvalue weighted by Crippen LogP contribution is -2.61. The standard InChI is InChI=1S/C31H44N6O4/c1-8-23-19(4)16-22-12-11-21(17-25(22)34-23)13-14-31(6,7)30(41)35-26(18(2)3)28(39)33-20(5)29(40)37-15-9-10-24(36-37)27(32)38/h11-14,16-18,20,24,26,36H,8-10,15H2,1-7H3,(H2,32,38)(H,33,39)(H,35,41)/b14-13+/t20-,24-,26-/m0/s1. The normalized spacial score (nSPS) is 17.5. The van der Waals surface area contributed by atoms with Crippen LogP contribution in [0, 0.1) is 18.3 Å². The molecule has 5 N–H and O–H groups in total. The van der Waals surface area contributed by atoms with Gasteiger partial charge in [0.05, 0.1) is 10.9 Å². The van der Waals surface area contributed by atoms with Crippen LogP contribution < -0.4 is 21.8 Å². The quantitative estimate of drug-likeness (QED) is 0.349. The van der Waals surface area contributed by atoms with Gasteiger partial charge >= 0.3 is 0 Å². The lowest BCUT2D eigenvalue weighted by Gasteiger charge is -2.34. The van der Waals surface area contributed by atoms with Gasteiger partial charge in [0.2, 0.25) is 17.7 Å². The van der Waals surface area contributed by atoms with Gasteiger partial charge in [-0.3, -0.25) is 29.2 Å². The number of carbonyl (C=O) groups excluding carboxylic acids is 4. The molecule has 1 fully saturated rings. The van der Waals surface area contributed by atoms with Gasteiger partial charge < -0.3 is 16.4 Å². The number of rotatable bonds is 10. The van der Waals surface area contributed by atoms with Crippen molar-refractivity contribution < 1.29 is 19.2 Å². The fraction of sp³-hybridized carbons (Fsp3) is 0.516. The highest BCUT2D eigenvalue weighted by atomic mass is 16.2. The van der Waals surface area contributed by atoms with Gasteiger partial charge in [-0.2, -0.15) is 0 Å². The van der Waals surface area contributed by atoms with Crippen molar-refractivity contribution in [3.8, 4) is 0 Å². The zero-order valence-electron chi connectivity index (χ0n) is 25.2. The largest absolute Gasteiger partial charge is 0.368 e. The molecule has 0 bridgehead atoms. The van der Waals surface area contributed by atoms with Crippen molar-refractivity contribution in [2.45, 2.75) is 85.9 Å². The number of hydrogen-bond donors (Lipinski definition) is 4. The van der Waals surface area contributed by atoms with Crippen LogP contribution in [0.5, 0.6) is 0 Å². The molecule has 0 spiro atoms. The van der Waals surface area contributed by atoms with Gasteiger partial charge in [0.1, 0.15) is 18.1 Å². The van der Waals surface area contributed by atoms with Gasteiger partial charge in [-0.1, -0.05) is 45.1 Å². The summed E-state index contributed by atoms with van der Waals surface area (Å²) in [4.78, 5) is 55.7. The maximum atomic E-state index is 13.3. The lowest BCUT2D eigenvalue weighted by molar-refractivity contribution is -0.143. The van der Waals surface area contributed by atoms with Crippen molar-refractivity contribution in [1.29, 1.82) is 0 Å². The second-order valence-electron chi connectivity index (χ2n) is 11.8. The second-order valence-corrected chi connectivity index (χ2v) is 11.8. The van der Waals surface area contributed by atoms with Crippen molar-refractivity contribution in [3.63, 3.8) is 0 Å². The predicted octanol–water partition coefficient (Wildman–Crippen LogP) is 2.77. The maximum Gasteiger partial charge on any atom is 0.258 e. The topological polar surface area (TPSA) is 147 Å². The molecule has 1 saturated heterocycles. The van der Waals surface area contributed by atoms with E-state index >= 15 is 0 Å². The molecule has 4 amide bonds. The summed E-state index contributed by atoms with van der Waals surface area (Å²) in [5.41, 5.74) is 11.4. The molecule has 41 heavy (non-hydrogen) atoms. The molecule has 10 heteroatoms. The third-order valence-corrected chi connectivity index (χ3v) is 7.51. The van der Waals surface area contributed by atoms with E-state index in [1.807, 2.05) is 44.2 Å². The first-order valence-corrected chi connectivity index (χ1v) is 14.3. The van der Waals surface area contributed by atoms with E-state index in [9.17, 15) is 19.2 Å². The van der Waals surface area contributed by atoms with E-state index in [-0.39, 0.29) is 17.7 Å². The van der Waals surface area contributed by atoms with Crippen LogP contribution in [0.4, 0.5) is 0 Å². The molecule has 3 rings (SSSR count). The summed E-state index contributed by atoms with van der Waals surface area (Å²) in [6.45, 7) is 13.4. The minimum atomic E-state index is -0.916. The zero-order chi connectivity index (χ0) is 30.5. The molecule has 2 aromatic rings. The summed E-state index contributed by atoms with van der Waals surface area (Å²) >= 11 is 0. The van der Waals surface area contributed by atoms with Crippen LogP contribution in [0.1, 0.15) is 71.2 Å². The number of carbonyl (C=O) groups is 4. The number of nitrogens with zero attached hydrogens (tertiary/aromatic N) is 2. The Morgan fingerprint density at radius 1 is 1.17 bits per heavy atom. The van der Waals surface area contributed by atoms with Crippen molar-refractivity contribution in [3.05, 3.63) is 47.2 Å². The van der Waals surface area contributed by atoms with Crippen LogP contribution >= 0.6 is 0 Å². The van der Waals surface area contributed by atoms with Crippen molar-refractivity contribution in [1.82, 2.24) is 26.1 Å². The first-order valence-electron chi connectivity index (χ1n) is 14.3. The molecule has 0 radical (unpaired) electrons. The van der Waals surface area contributed by atoms with Crippen molar-refractivity contribution in [2.24, 2.45) is 17.1 Å². The molecule has 3 atom stereocenters. The minimum Gasteiger partial charge on any atom is -0.368 e. The summed E-state index contributed by atoms with van der Waals surface area (Å²) in [7, 11) is 0. The smallest absolute Gasteiger partial charge is 0.258 e. The summed E-state index contributed by atoms with van der Waals surface area (Å²) in [5, 5.41) is 7.99. The van der Waals surface area contributed by atoms with Crippen LogP contribution in [0.3, 0.4) is 0 Å².